The molecule has 9 heteroatoms. The van der Waals surface area contributed by atoms with Gasteiger partial charge < -0.3 is 19.6 Å². The molecular weight excluding hydrogens is 580 g/mol. The molecule has 1 N–H and O–H groups in total. The van der Waals surface area contributed by atoms with E-state index in [9.17, 15) is 19.5 Å². The van der Waals surface area contributed by atoms with Crippen LogP contribution in [0.5, 0.6) is 0 Å². The molecule has 0 saturated carbocycles. The van der Waals surface area contributed by atoms with Crippen LogP contribution >= 0.6 is 27.7 Å². The van der Waals surface area contributed by atoms with Crippen LogP contribution in [-0.4, -0.2) is 74.5 Å². The topological polar surface area (TPSA) is 87.1 Å². The van der Waals surface area contributed by atoms with Gasteiger partial charge in [0.25, 0.3) is 5.91 Å². The second-order valence-electron chi connectivity index (χ2n) is 11.1. The number of hydrogen-bond acceptors (Lipinski definition) is 6. The lowest BCUT2D eigenvalue weighted by molar-refractivity contribution is -0.154. The largest absolute Gasteiger partial charge is 0.465 e. The number of halogens is 1. The van der Waals surface area contributed by atoms with Crippen molar-refractivity contribution in [2.75, 3.05) is 24.7 Å². The summed E-state index contributed by atoms with van der Waals surface area (Å²) in [6.07, 6.45) is 4.47. The maximum absolute atomic E-state index is 14.8. The van der Waals surface area contributed by atoms with Gasteiger partial charge in [-0.15, -0.1) is 24.9 Å². The number of aliphatic hydroxyl groups is 1. The van der Waals surface area contributed by atoms with Crippen molar-refractivity contribution in [1.82, 2.24) is 4.90 Å². The summed E-state index contributed by atoms with van der Waals surface area (Å²) in [7, 11) is 0. The number of aryl methyl sites for hydroxylation is 2. The molecule has 3 fully saturated rings. The minimum atomic E-state index is -0.852. The molecule has 7 atom stereocenters. The van der Waals surface area contributed by atoms with Gasteiger partial charge in [0, 0.05) is 22.3 Å². The van der Waals surface area contributed by atoms with Gasteiger partial charge in [0.1, 0.15) is 6.04 Å². The zero-order valence-corrected chi connectivity index (χ0v) is 25.5. The number of rotatable bonds is 11. The Hall–Kier alpha value is -2.10. The molecule has 1 aromatic carbocycles. The van der Waals surface area contributed by atoms with Crippen LogP contribution < -0.4 is 4.90 Å². The minimum absolute atomic E-state index is 0.0570. The number of amides is 2. The van der Waals surface area contributed by atoms with Crippen molar-refractivity contribution >= 4 is 51.2 Å². The number of carbonyl (C=O) groups is 3. The molecule has 3 heterocycles. The number of alkyl halides is 1. The number of anilines is 1. The molecule has 2 bridgehead atoms. The third-order valence-corrected chi connectivity index (χ3v) is 11.6. The maximum atomic E-state index is 14.8. The highest BCUT2D eigenvalue weighted by atomic mass is 79.9. The van der Waals surface area contributed by atoms with E-state index < -0.39 is 34.6 Å². The Morgan fingerprint density at radius 1 is 1.28 bits per heavy atom. The van der Waals surface area contributed by atoms with E-state index in [2.05, 4.69) is 29.1 Å². The van der Waals surface area contributed by atoms with E-state index in [-0.39, 0.29) is 47.6 Å². The van der Waals surface area contributed by atoms with Crippen molar-refractivity contribution in [3.05, 3.63) is 54.6 Å². The van der Waals surface area contributed by atoms with Crippen LogP contribution in [0.25, 0.3) is 0 Å². The van der Waals surface area contributed by atoms with Crippen LogP contribution in [0.15, 0.2) is 43.5 Å². The fourth-order valence-electron chi connectivity index (χ4n) is 6.73. The Bertz CT molecular complexity index is 1140. The van der Waals surface area contributed by atoms with Crippen LogP contribution in [0, 0.1) is 31.6 Å². The predicted molar refractivity (Wildman–Crippen MR) is 159 cm³/mol. The van der Waals surface area contributed by atoms with E-state index in [1.807, 2.05) is 45.9 Å². The number of fused-ring (bicyclic) bond motifs is 1. The number of ether oxygens (including phenoxy) is 1. The highest BCUT2D eigenvalue weighted by Gasteiger charge is 2.76. The van der Waals surface area contributed by atoms with Gasteiger partial charge in [0.2, 0.25) is 5.91 Å². The van der Waals surface area contributed by atoms with Gasteiger partial charge in [-0.3, -0.25) is 14.4 Å². The molecule has 3 aliphatic heterocycles. The molecule has 0 aliphatic carbocycles. The molecule has 212 valence electrons. The van der Waals surface area contributed by atoms with Gasteiger partial charge in [-0.25, -0.2) is 0 Å². The molecule has 3 unspecified atom stereocenters. The normalized spacial score (nSPS) is 29.9. The van der Waals surface area contributed by atoms with Gasteiger partial charge in [-0.2, -0.15) is 0 Å². The first kappa shape index (κ1) is 29.9. The van der Waals surface area contributed by atoms with Crippen molar-refractivity contribution < 1.29 is 24.2 Å². The molecule has 7 nitrogen and oxygen atoms in total. The number of benzene rings is 1. The fraction of sp³-hybridized carbons (Fsp3) is 0.567. The number of thioether (sulfide) groups is 1. The van der Waals surface area contributed by atoms with E-state index in [1.165, 1.54) is 0 Å². The van der Waals surface area contributed by atoms with Crippen molar-refractivity contribution in [3.63, 3.8) is 0 Å². The van der Waals surface area contributed by atoms with Crippen molar-refractivity contribution in [2.24, 2.45) is 17.8 Å². The average molecular weight is 620 g/mol. The second kappa shape index (κ2) is 11.8. The van der Waals surface area contributed by atoms with E-state index in [4.69, 9.17) is 4.74 Å². The zero-order chi connectivity index (χ0) is 28.6. The van der Waals surface area contributed by atoms with Crippen LogP contribution in [0.2, 0.25) is 0 Å². The van der Waals surface area contributed by atoms with Gasteiger partial charge in [0.15, 0.2) is 0 Å². The molecule has 39 heavy (non-hydrogen) atoms. The van der Waals surface area contributed by atoms with Crippen LogP contribution in [0.3, 0.4) is 0 Å². The van der Waals surface area contributed by atoms with Crippen LogP contribution in [-0.2, 0) is 19.1 Å². The Balaban J connectivity index is 1.85. The molecule has 1 aromatic rings. The first-order valence-electron chi connectivity index (χ1n) is 13.6. The predicted octanol–water partition coefficient (Wildman–Crippen LogP) is 4.42. The molecule has 0 radical (unpaired) electrons. The highest BCUT2D eigenvalue weighted by molar-refractivity contribution is 9.09. The first-order valence-corrected chi connectivity index (χ1v) is 15.4. The Morgan fingerprint density at radius 2 is 1.95 bits per heavy atom. The summed E-state index contributed by atoms with van der Waals surface area (Å²) in [6.45, 7) is 15.6. The monoisotopic (exact) mass is 618 g/mol. The number of carbonyl (C=O) groups excluding carboxylic acids is 3. The molecule has 3 aliphatic rings. The smallest absolute Gasteiger partial charge is 0.310 e. The summed E-state index contributed by atoms with van der Waals surface area (Å²) < 4.78 is 4.77. The van der Waals surface area contributed by atoms with Gasteiger partial charge in [-0.1, -0.05) is 60.1 Å². The van der Waals surface area contributed by atoms with Crippen molar-refractivity contribution in [1.29, 1.82) is 0 Å². The standard InChI is InChI=1S/C30H39BrN2O5S/c1-7-9-14-38-29(37)22-23-27(35)33(21(16-34)17(3)4)26(30(23)15-20(31)25(22)39-30)28(36)32(13-8-2)24-18(5)11-10-12-19(24)6/h7-8,10-12,17,20-23,25-26,34H,1-2,9,13-16H2,3-6H3/t20?,21-,22-,23-,25-,26?,30?/m0/s1. The van der Waals surface area contributed by atoms with E-state index in [0.717, 1.165) is 16.8 Å². The van der Waals surface area contributed by atoms with Crippen molar-refractivity contribution in [2.45, 2.75) is 67.4 Å². The molecule has 0 aromatic heterocycles. The minimum Gasteiger partial charge on any atom is -0.465 e. The molecule has 2 amide bonds. The Labute approximate surface area is 244 Å². The summed E-state index contributed by atoms with van der Waals surface area (Å²) >= 11 is 5.36. The van der Waals surface area contributed by atoms with Gasteiger partial charge >= 0.3 is 5.97 Å². The summed E-state index contributed by atoms with van der Waals surface area (Å²) in [4.78, 5) is 45.9. The summed E-state index contributed by atoms with van der Waals surface area (Å²) in [5.74, 6) is -2.35. The summed E-state index contributed by atoms with van der Waals surface area (Å²) in [6, 6.07) is 4.47. The lowest BCUT2D eigenvalue weighted by Crippen LogP contribution is -2.59. The molecule has 3 saturated heterocycles. The lowest BCUT2D eigenvalue weighted by atomic mass is 9.71. The van der Waals surface area contributed by atoms with E-state index >= 15 is 0 Å². The number of nitrogens with zero attached hydrogens (tertiary/aromatic N) is 2. The fourth-order valence-corrected chi connectivity index (χ4v) is 10.3. The van der Waals surface area contributed by atoms with Crippen molar-refractivity contribution in [3.8, 4) is 0 Å². The highest BCUT2D eigenvalue weighted by Crippen LogP contribution is 2.68. The van der Waals surface area contributed by atoms with Crippen LogP contribution in [0.1, 0.15) is 37.8 Å². The first-order chi connectivity index (χ1) is 18.5. The third kappa shape index (κ3) is 4.88. The molecule has 1 spiro atoms. The zero-order valence-electron chi connectivity index (χ0n) is 23.1. The summed E-state index contributed by atoms with van der Waals surface area (Å²) in [5.41, 5.74) is 2.69. The number of esters is 1. The van der Waals surface area contributed by atoms with Crippen LogP contribution in [0.4, 0.5) is 5.69 Å². The SMILES string of the molecule is C=CCCOC(=O)[C@H]1[C@H]2C(=O)N([C@@H](CO)C(C)C)C(C(=O)N(CC=C)c3c(C)cccc3C)C23CC(Br)[C@@H]1S3. The Kier molecular flexibility index (Phi) is 9.03. The number of likely N-dealkylation sites (tertiary alicyclic amines) is 1. The summed E-state index contributed by atoms with van der Waals surface area (Å²) in [5, 5.41) is 10.3. The second-order valence-corrected chi connectivity index (χ2v) is 13.8. The third-order valence-electron chi connectivity index (χ3n) is 8.40. The molecular formula is C30H39BrN2O5S. The van der Waals surface area contributed by atoms with E-state index in [0.29, 0.717) is 12.8 Å². The van der Waals surface area contributed by atoms with Gasteiger partial charge in [-0.05, 0) is 43.7 Å². The Morgan fingerprint density at radius 3 is 2.51 bits per heavy atom. The average Bonchev–Trinajstić information content (AvgIpc) is 3.47. The number of para-hydroxylation sites is 1. The lowest BCUT2D eigenvalue weighted by Gasteiger charge is -2.41. The molecule has 4 rings (SSSR count). The van der Waals surface area contributed by atoms with E-state index in [1.54, 1.807) is 33.7 Å². The number of aliphatic hydroxyl groups excluding tert-OH is 1. The quantitative estimate of drug-likeness (QED) is 0.171. The maximum Gasteiger partial charge on any atom is 0.310 e. The van der Waals surface area contributed by atoms with Gasteiger partial charge in [0.05, 0.1) is 35.8 Å². The number of hydrogen-bond donors (Lipinski definition) is 1.